The van der Waals surface area contributed by atoms with Gasteiger partial charge in [-0.3, -0.25) is 14.9 Å². The lowest BCUT2D eigenvalue weighted by atomic mass is 10.1. The summed E-state index contributed by atoms with van der Waals surface area (Å²) in [5.41, 5.74) is 0.117. The van der Waals surface area contributed by atoms with Crippen LogP contribution in [0.3, 0.4) is 0 Å². The molecule has 0 aliphatic carbocycles. The number of amides is 1. The van der Waals surface area contributed by atoms with Crippen molar-refractivity contribution in [2.45, 2.75) is 25.6 Å². The topological polar surface area (TPSA) is 81.9 Å². The molecule has 1 aliphatic rings. The molecular weight excluding hydrogens is 360 g/mol. The molecule has 7 nitrogen and oxygen atoms in total. The van der Waals surface area contributed by atoms with E-state index < -0.39 is 10.6 Å². The van der Waals surface area contributed by atoms with Gasteiger partial charge in [-0.1, -0.05) is 36.4 Å². The van der Waals surface area contributed by atoms with Crippen LogP contribution in [0.1, 0.15) is 19.4 Å². The number of hydrogen-bond donors (Lipinski definition) is 0. The minimum atomic E-state index is -0.769. The highest BCUT2D eigenvalue weighted by atomic mass is 16.6. The van der Waals surface area contributed by atoms with Crippen molar-refractivity contribution < 1.29 is 19.2 Å². The molecular formula is C21H22N2O5. The third kappa shape index (κ3) is 4.55. The van der Waals surface area contributed by atoms with Gasteiger partial charge in [0, 0.05) is 12.1 Å². The second kappa shape index (κ2) is 8.22. The zero-order valence-corrected chi connectivity index (χ0v) is 15.8. The van der Waals surface area contributed by atoms with Crippen LogP contribution in [-0.4, -0.2) is 40.7 Å². The van der Waals surface area contributed by atoms with Crippen LogP contribution < -0.4 is 4.74 Å². The Hall–Kier alpha value is -3.19. The van der Waals surface area contributed by atoms with Crippen molar-refractivity contribution in [2.75, 3.05) is 13.2 Å². The molecule has 28 heavy (non-hydrogen) atoms. The molecule has 146 valence electrons. The number of carbonyl (C=O) groups is 1. The van der Waals surface area contributed by atoms with E-state index in [0.717, 1.165) is 5.56 Å². The molecule has 1 atom stereocenters. The summed E-state index contributed by atoms with van der Waals surface area (Å²) in [5, 5.41) is 10.9. The molecule has 0 radical (unpaired) electrons. The Morgan fingerprint density at radius 3 is 2.75 bits per heavy atom. The lowest BCUT2D eigenvalue weighted by molar-refractivity contribution is -0.384. The summed E-state index contributed by atoms with van der Waals surface area (Å²) in [4.78, 5) is 24.9. The van der Waals surface area contributed by atoms with Gasteiger partial charge in [-0.2, -0.15) is 0 Å². The summed E-state index contributed by atoms with van der Waals surface area (Å²) >= 11 is 0. The molecule has 0 aromatic heterocycles. The minimum Gasteiger partial charge on any atom is -0.491 e. The summed E-state index contributed by atoms with van der Waals surface area (Å²) < 4.78 is 11.5. The summed E-state index contributed by atoms with van der Waals surface area (Å²) in [6.07, 6.45) is 3.28. The van der Waals surface area contributed by atoms with E-state index in [9.17, 15) is 14.9 Å². The smallest absolute Gasteiger partial charge is 0.273 e. The summed E-state index contributed by atoms with van der Waals surface area (Å²) in [7, 11) is 0. The van der Waals surface area contributed by atoms with Gasteiger partial charge in [-0.15, -0.1) is 0 Å². The van der Waals surface area contributed by atoms with Gasteiger partial charge in [-0.25, -0.2) is 0 Å². The van der Waals surface area contributed by atoms with Crippen LogP contribution in [0.5, 0.6) is 5.75 Å². The van der Waals surface area contributed by atoms with Crippen molar-refractivity contribution in [1.82, 2.24) is 4.90 Å². The van der Waals surface area contributed by atoms with E-state index in [-0.39, 0.29) is 24.2 Å². The molecule has 0 spiro atoms. The van der Waals surface area contributed by atoms with Crippen LogP contribution in [0.25, 0.3) is 6.08 Å². The van der Waals surface area contributed by atoms with Gasteiger partial charge in [0.2, 0.25) is 5.91 Å². The number of non-ortho nitro benzene ring substituents is 1. The van der Waals surface area contributed by atoms with E-state index in [0.29, 0.717) is 12.4 Å². The van der Waals surface area contributed by atoms with Gasteiger partial charge in [0.05, 0.1) is 23.6 Å². The third-order valence-electron chi connectivity index (χ3n) is 4.50. The van der Waals surface area contributed by atoms with Gasteiger partial charge in [-0.05, 0) is 31.6 Å². The molecule has 1 heterocycles. The number of ether oxygens (including phenoxy) is 2. The van der Waals surface area contributed by atoms with E-state index in [4.69, 9.17) is 9.47 Å². The molecule has 3 rings (SSSR count). The van der Waals surface area contributed by atoms with Gasteiger partial charge < -0.3 is 14.4 Å². The maximum Gasteiger partial charge on any atom is 0.273 e. The Bertz CT molecular complexity index is 879. The van der Waals surface area contributed by atoms with Gasteiger partial charge in [0.1, 0.15) is 18.1 Å². The second-order valence-corrected chi connectivity index (χ2v) is 6.93. The largest absolute Gasteiger partial charge is 0.491 e. The fraction of sp³-hybridized carbons (Fsp3) is 0.286. The summed E-state index contributed by atoms with van der Waals surface area (Å²) in [6.45, 7) is 4.16. The molecule has 0 unspecified atom stereocenters. The highest BCUT2D eigenvalue weighted by Gasteiger charge is 2.43. The fourth-order valence-electron chi connectivity index (χ4n) is 3.14. The molecule has 0 saturated carbocycles. The highest BCUT2D eigenvalue weighted by molar-refractivity contribution is 5.92. The number of rotatable bonds is 6. The zero-order chi connectivity index (χ0) is 20.1. The van der Waals surface area contributed by atoms with E-state index in [2.05, 4.69) is 0 Å². The van der Waals surface area contributed by atoms with Crippen LogP contribution in [0.2, 0.25) is 0 Å². The Morgan fingerprint density at radius 1 is 1.29 bits per heavy atom. The van der Waals surface area contributed by atoms with Crippen LogP contribution in [-0.2, 0) is 9.53 Å². The van der Waals surface area contributed by atoms with Crippen molar-refractivity contribution in [3.8, 4) is 5.75 Å². The number of hydrogen-bond acceptors (Lipinski definition) is 5. The number of nitro groups is 1. The Kier molecular flexibility index (Phi) is 5.75. The average molecular weight is 382 g/mol. The van der Waals surface area contributed by atoms with Crippen LogP contribution in [0.15, 0.2) is 60.7 Å². The maximum atomic E-state index is 12.8. The predicted octanol–water partition coefficient (Wildman–Crippen LogP) is 3.65. The highest BCUT2D eigenvalue weighted by Crippen LogP contribution is 2.29. The first-order valence-corrected chi connectivity index (χ1v) is 8.94. The van der Waals surface area contributed by atoms with Crippen LogP contribution in [0.4, 0.5) is 5.69 Å². The van der Waals surface area contributed by atoms with Crippen molar-refractivity contribution in [3.63, 3.8) is 0 Å². The number of nitro benzene ring substituents is 1. The van der Waals surface area contributed by atoms with Crippen molar-refractivity contribution in [2.24, 2.45) is 0 Å². The summed E-state index contributed by atoms with van der Waals surface area (Å²) in [6, 6.07) is 15.2. The molecule has 7 heteroatoms. The minimum absolute atomic E-state index is 0.0424. The number of carbonyl (C=O) groups excluding carboxylic acids is 1. The van der Waals surface area contributed by atoms with Gasteiger partial charge in [0.15, 0.2) is 0 Å². The monoisotopic (exact) mass is 382 g/mol. The van der Waals surface area contributed by atoms with E-state index in [1.807, 2.05) is 44.2 Å². The Balaban J connectivity index is 1.70. The standard InChI is InChI=1S/C21H22N2O5/c1-21(2)22(20(24)12-11-16-7-4-3-5-8-16)18(15-28-21)14-27-19-10-6-9-17(13-19)23(25)26/h3-13,18H,14-15H2,1-2H3/b12-11+/t18-/m0/s1. The lowest BCUT2D eigenvalue weighted by Gasteiger charge is -2.32. The Morgan fingerprint density at radius 2 is 2.04 bits per heavy atom. The normalized spacial score (nSPS) is 18.4. The second-order valence-electron chi connectivity index (χ2n) is 6.93. The number of nitrogens with zero attached hydrogens (tertiary/aromatic N) is 2. The van der Waals surface area contributed by atoms with E-state index in [1.54, 1.807) is 23.1 Å². The number of benzene rings is 2. The van der Waals surface area contributed by atoms with Gasteiger partial charge >= 0.3 is 0 Å². The SMILES string of the molecule is CC1(C)OC[C@H](COc2cccc([N+](=O)[O-])c2)N1C(=O)/C=C/c1ccccc1. The predicted molar refractivity (Wildman–Crippen MR) is 105 cm³/mol. The van der Waals surface area contributed by atoms with Crippen molar-refractivity contribution in [3.05, 3.63) is 76.4 Å². The first-order chi connectivity index (χ1) is 13.4. The van der Waals surface area contributed by atoms with E-state index in [1.165, 1.54) is 18.2 Å². The van der Waals surface area contributed by atoms with E-state index >= 15 is 0 Å². The van der Waals surface area contributed by atoms with Crippen molar-refractivity contribution in [1.29, 1.82) is 0 Å². The van der Waals surface area contributed by atoms with Crippen LogP contribution in [0, 0.1) is 10.1 Å². The van der Waals surface area contributed by atoms with Gasteiger partial charge in [0.25, 0.3) is 5.69 Å². The zero-order valence-electron chi connectivity index (χ0n) is 15.8. The first kappa shape index (κ1) is 19.6. The molecule has 1 amide bonds. The Labute approximate surface area is 163 Å². The average Bonchev–Trinajstić information content (AvgIpc) is 3.00. The van der Waals surface area contributed by atoms with Crippen LogP contribution >= 0.6 is 0 Å². The lowest BCUT2D eigenvalue weighted by Crippen LogP contribution is -2.49. The molecule has 2 aromatic carbocycles. The third-order valence-corrected chi connectivity index (χ3v) is 4.50. The molecule has 0 N–H and O–H groups in total. The molecule has 1 saturated heterocycles. The fourth-order valence-corrected chi connectivity index (χ4v) is 3.14. The summed E-state index contributed by atoms with van der Waals surface area (Å²) in [5.74, 6) is 0.199. The molecule has 1 fully saturated rings. The molecule has 1 aliphatic heterocycles. The van der Waals surface area contributed by atoms with Crippen molar-refractivity contribution >= 4 is 17.7 Å². The molecule has 0 bridgehead atoms. The first-order valence-electron chi connectivity index (χ1n) is 8.94. The quantitative estimate of drug-likeness (QED) is 0.433. The maximum absolute atomic E-state index is 12.8. The molecule has 2 aromatic rings.